The highest BCUT2D eigenvalue weighted by atomic mass is 16.6. The van der Waals surface area contributed by atoms with E-state index in [1.54, 1.807) is 20.8 Å². The maximum absolute atomic E-state index is 12.3. The van der Waals surface area contributed by atoms with Crippen LogP contribution < -0.4 is 0 Å². The number of hydrogen-bond donors (Lipinski definition) is 0. The van der Waals surface area contributed by atoms with E-state index in [-0.39, 0.29) is 12.5 Å². The molecule has 0 aromatic heterocycles. The second-order valence-electron chi connectivity index (χ2n) is 6.86. The van der Waals surface area contributed by atoms with Gasteiger partial charge in [0.1, 0.15) is 12.2 Å². The van der Waals surface area contributed by atoms with Gasteiger partial charge in [-0.05, 0) is 38.7 Å². The quantitative estimate of drug-likeness (QED) is 0.586. The first kappa shape index (κ1) is 18.9. The molecule has 0 radical (unpaired) electrons. The Hall–Kier alpha value is -2.10. The molecule has 1 aromatic rings. The van der Waals surface area contributed by atoms with Crippen LogP contribution in [0.5, 0.6) is 0 Å². The molecule has 0 spiro atoms. The molecule has 0 fully saturated rings. The summed E-state index contributed by atoms with van der Waals surface area (Å²) in [5, 5.41) is 0. The van der Waals surface area contributed by atoms with Gasteiger partial charge in [-0.15, -0.1) is 0 Å². The Morgan fingerprint density at radius 2 is 1.74 bits per heavy atom. The van der Waals surface area contributed by atoms with Crippen molar-refractivity contribution in [2.45, 2.75) is 53.2 Å². The molecule has 23 heavy (non-hydrogen) atoms. The maximum Gasteiger partial charge on any atom is 0.334 e. The molecule has 0 bridgehead atoms. The number of hydrogen-bond acceptors (Lipinski definition) is 4. The first-order chi connectivity index (χ1) is 10.7. The van der Waals surface area contributed by atoms with Crippen molar-refractivity contribution in [2.24, 2.45) is 5.92 Å². The Morgan fingerprint density at radius 3 is 2.26 bits per heavy atom. The Kier molecular flexibility index (Phi) is 7.01. The normalized spacial score (nSPS) is 12.2. The largest absolute Gasteiger partial charge is 0.457 e. The number of benzene rings is 1. The summed E-state index contributed by atoms with van der Waals surface area (Å²) in [4.78, 5) is 24.2. The van der Waals surface area contributed by atoms with Gasteiger partial charge in [0.15, 0.2) is 0 Å². The lowest BCUT2D eigenvalue weighted by Crippen LogP contribution is -2.23. The highest BCUT2D eigenvalue weighted by Gasteiger charge is 2.19. The van der Waals surface area contributed by atoms with Crippen LogP contribution in [0.1, 0.15) is 46.6 Å². The molecular weight excluding hydrogens is 292 g/mol. The summed E-state index contributed by atoms with van der Waals surface area (Å²) in [5.74, 6) is -0.772. The van der Waals surface area contributed by atoms with Crippen molar-refractivity contribution in [1.82, 2.24) is 0 Å². The van der Waals surface area contributed by atoms with Gasteiger partial charge >= 0.3 is 11.9 Å². The molecule has 0 amide bonds. The summed E-state index contributed by atoms with van der Waals surface area (Å²) in [6.45, 7) is 9.50. The van der Waals surface area contributed by atoms with Gasteiger partial charge in [-0.3, -0.25) is 0 Å². The van der Waals surface area contributed by atoms with Crippen LogP contribution in [-0.2, 0) is 25.7 Å². The molecule has 4 nitrogen and oxygen atoms in total. The van der Waals surface area contributed by atoms with Crippen molar-refractivity contribution in [1.29, 1.82) is 0 Å². The van der Waals surface area contributed by atoms with E-state index in [1.165, 1.54) is 6.08 Å². The lowest BCUT2D eigenvalue weighted by atomic mass is 10.0. The van der Waals surface area contributed by atoms with Crippen LogP contribution in [0.15, 0.2) is 42.0 Å². The Labute approximate surface area is 138 Å². The van der Waals surface area contributed by atoms with E-state index < -0.39 is 17.5 Å². The van der Waals surface area contributed by atoms with Gasteiger partial charge in [0.2, 0.25) is 0 Å². The molecule has 1 rings (SSSR count). The third kappa shape index (κ3) is 8.19. The van der Waals surface area contributed by atoms with Crippen molar-refractivity contribution in [3.8, 4) is 0 Å². The zero-order valence-electron chi connectivity index (χ0n) is 14.6. The molecule has 0 atom stereocenters. The molecule has 0 aliphatic carbocycles. The van der Waals surface area contributed by atoms with Crippen LogP contribution in [0.4, 0.5) is 0 Å². The van der Waals surface area contributed by atoms with Gasteiger partial charge in [-0.2, -0.15) is 0 Å². The van der Waals surface area contributed by atoms with E-state index in [0.29, 0.717) is 12.0 Å². The summed E-state index contributed by atoms with van der Waals surface area (Å²) < 4.78 is 10.5. The predicted octanol–water partition coefficient (Wildman–Crippen LogP) is 4.04. The Morgan fingerprint density at radius 1 is 1.13 bits per heavy atom. The summed E-state index contributed by atoms with van der Waals surface area (Å²) in [7, 11) is 0. The standard InChI is InChI=1S/C19H26O4/c1-14(2)11-16(12-17(20)23-19(3,4)5)18(21)22-13-15-9-7-6-8-10-15/h6-10,12,14H,11,13H2,1-5H3/b16-12+. The summed E-state index contributed by atoms with van der Waals surface area (Å²) in [6, 6.07) is 9.43. The number of carbonyl (C=O) groups is 2. The zero-order valence-corrected chi connectivity index (χ0v) is 14.6. The van der Waals surface area contributed by atoms with Gasteiger partial charge < -0.3 is 9.47 Å². The minimum atomic E-state index is -0.593. The molecule has 0 unspecified atom stereocenters. The number of ether oxygens (including phenoxy) is 2. The first-order valence-corrected chi connectivity index (χ1v) is 7.82. The van der Waals surface area contributed by atoms with Crippen LogP contribution in [-0.4, -0.2) is 17.5 Å². The molecule has 1 aromatic carbocycles. The number of carbonyl (C=O) groups excluding carboxylic acids is 2. The van der Waals surface area contributed by atoms with Crippen LogP contribution in [0.3, 0.4) is 0 Å². The molecular formula is C19H26O4. The summed E-state index contributed by atoms with van der Waals surface area (Å²) in [5.41, 5.74) is 0.650. The monoisotopic (exact) mass is 318 g/mol. The smallest absolute Gasteiger partial charge is 0.334 e. The average Bonchev–Trinajstić information content (AvgIpc) is 2.42. The molecule has 0 saturated carbocycles. The van der Waals surface area contributed by atoms with Crippen LogP contribution >= 0.6 is 0 Å². The SMILES string of the molecule is CC(C)C/C(=C\C(=O)OC(C)(C)C)C(=O)OCc1ccccc1. The minimum absolute atomic E-state index is 0.184. The highest BCUT2D eigenvalue weighted by Crippen LogP contribution is 2.15. The van der Waals surface area contributed by atoms with Crippen molar-refractivity contribution < 1.29 is 19.1 Å². The molecule has 0 aliphatic heterocycles. The van der Waals surface area contributed by atoms with Crippen molar-refractivity contribution in [3.05, 3.63) is 47.5 Å². The van der Waals surface area contributed by atoms with E-state index in [1.807, 2.05) is 44.2 Å². The van der Waals surface area contributed by atoms with E-state index >= 15 is 0 Å². The van der Waals surface area contributed by atoms with Crippen LogP contribution in [0, 0.1) is 5.92 Å². The van der Waals surface area contributed by atoms with Crippen LogP contribution in [0.2, 0.25) is 0 Å². The molecule has 0 heterocycles. The fourth-order valence-corrected chi connectivity index (χ4v) is 1.93. The maximum atomic E-state index is 12.3. The van der Waals surface area contributed by atoms with Gasteiger partial charge in [-0.25, -0.2) is 9.59 Å². The molecule has 0 saturated heterocycles. The van der Waals surface area contributed by atoms with E-state index in [0.717, 1.165) is 5.56 Å². The minimum Gasteiger partial charge on any atom is -0.457 e. The molecule has 0 N–H and O–H groups in total. The summed E-state index contributed by atoms with van der Waals surface area (Å²) in [6.07, 6.45) is 1.71. The number of rotatable bonds is 6. The van der Waals surface area contributed by atoms with Gasteiger partial charge in [0, 0.05) is 11.6 Å². The second-order valence-corrected chi connectivity index (χ2v) is 6.86. The predicted molar refractivity (Wildman–Crippen MR) is 89.6 cm³/mol. The molecule has 4 heteroatoms. The Balaban J connectivity index is 2.76. The van der Waals surface area contributed by atoms with E-state index in [2.05, 4.69) is 0 Å². The van der Waals surface area contributed by atoms with Gasteiger partial charge in [-0.1, -0.05) is 44.2 Å². The zero-order chi connectivity index (χ0) is 17.5. The average molecular weight is 318 g/mol. The number of esters is 2. The fourth-order valence-electron chi connectivity index (χ4n) is 1.93. The van der Waals surface area contributed by atoms with E-state index in [4.69, 9.17) is 9.47 Å². The van der Waals surface area contributed by atoms with Crippen molar-refractivity contribution >= 4 is 11.9 Å². The fraction of sp³-hybridized carbons (Fsp3) is 0.474. The third-order valence-corrected chi connectivity index (χ3v) is 2.80. The first-order valence-electron chi connectivity index (χ1n) is 7.82. The van der Waals surface area contributed by atoms with E-state index in [9.17, 15) is 9.59 Å². The third-order valence-electron chi connectivity index (χ3n) is 2.80. The van der Waals surface area contributed by atoms with Crippen LogP contribution in [0.25, 0.3) is 0 Å². The second kappa shape index (κ2) is 8.51. The lowest BCUT2D eigenvalue weighted by molar-refractivity contribution is -0.149. The highest BCUT2D eigenvalue weighted by molar-refractivity contribution is 5.96. The Bertz CT molecular complexity index is 550. The lowest BCUT2D eigenvalue weighted by Gasteiger charge is -2.18. The van der Waals surface area contributed by atoms with Gasteiger partial charge in [0.25, 0.3) is 0 Å². The van der Waals surface area contributed by atoms with Gasteiger partial charge in [0.05, 0.1) is 0 Å². The van der Waals surface area contributed by atoms with Crippen molar-refractivity contribution in [3.63, 3.8) is 0 Å². The summed E-state index contributed by atoms with van der Waals surface area (Å²) >= 11 is 0. The molecule has 0 aliphatic rings. The van der Waals surface area contributed by atoms with Crippen molar-refractivity contribution in [2.75, 3.05) is 0 Å². The topological polar surface area (TPSA) is 52.6 Å². The molecule has 126 valence electrons.